The fourth-order valence-electron chi connectivity index (χ4n) is 3.26. The molecule has 0 aliphatic carbocycles. The lowest BCUT2D eigenvalue weighted by atomic mass is 10.1. The third kappa shape index (κ3) is 3.93. The van der Waals surface area contributed by atoms with Gasteiger partial charge < -0.3 is 20.3 Å². The Morgan fingerprint density at radius 1 is 1.35 bits per heavy atom. The Morgan fingerprint density at radius 3 is 2.78 bits per heavy atom. The summed E-state index contributed by atoms with van der Waals surface area (Å²) >= 11 is 0. The highest BCUT2D eigenvalue weighted by atomic mass is 19.1. The molecule has 0 aromatic heterocycles. The zero-order chi connectivity index (χ0) is 16.2. The van der Waals surface area contributed by atoms with E-state index in [1.54, 1.807) is 12.1 Å². The summed E-state index contributed by atoms with van der Waals surface area (Å²) in [5.41, 5.74) is 1.07. The molecule has 1 aromatic rings. The van der Waals surface area contributed by atoms with Gasteiger partial charge in [-0.1, -0.05) is 0 Å². The van der Waals surface area contributed by atoms with Crippen molar-refractivity contribution in [2.75, 3.05) is 29.9 Å². The largest absolute Gasteiger partial charge is 0.376 e. The van der Waals surface area contributed by atoms with E-state index in [1.807, 2.05) is 11.8 Å². The fourth-order valence-corrected chi connectivity index (χ4v) is 3.26. The molecule has 2 aliphatic heterocycles. The van der Waals surface area contributed by atoms with E-state index in [2.05, 4.69) is 10.6 Å². The van der Waals surface area contributed by atoms with Gasteiger partial charge in [-0.2, -0.15) is 0 Å². The summed E-state index contributed by atoms with van der Waals surface area (Å²) in [6.07, 6.45) is 4.25. The van der Waals surface area contributed by atoms with Crippen LogP contribution in [0.15, 0.2) is 18.2 Å². The van der Waals surface area contributed by atoms with Gasteiger partial charge >= 0.3 is 6.03 Å². The summed E-state index contributed by atoms with van der Waals surface area (Å²) in [4.78, 5) is 14.1. The molecular formula is C17H24FN3O2. The quantitative estimate of drug-likeness (QED) is 0.896. The zero-order valence-corrected chi connectivity index (χ0v) is 13.5. The van der Waals surface area contributed by atoms with Gasteiger partial charge in [-0.15, -0.1) is 0 Å². The number of nitrogens with zero attached hydrogens (tertiary/aromatic N) is 1. The number of carbonyl (C=O) groups is 1. The summed E-state index contributed by atoms with van der Waals surface area (Å²) in [7, 11) is 0. The van der Waals surface area contributed by atoms with E-state index in [0.29, 0.717) is 11.4 Å². The molecular weight excluding hydrogens is 297 g/mol. The highest BCUT2D eigenvalue weighted by molar-refractivity contribution is 5.89. The molecule has 23 heavy (non-hydrogen) atoms. The van der Waals surface area contributed by atoms with Gasteiger partial charge in [0.15, 0.2) is 0 Å². The van der Waals surface area contributed by atoms with Crippen molar-refractivity contribution in [1.29, 1.82) is 0 Å². The van der Waals surface area contributed by atoms with Crippen molar-refractivity contribution in [2.24, 2.45) is 0 Å². The molecule has 2 N–H and O–H groups in total. The van der Waals surface area contributed by atoms with Crippen molar-refractivity contribution in [1.82, 2.24) is 5.32 Å². The van der Waals surface area contributed by atoms with E-state index >= 15 is 0 Å². The Hall–Kier alpha value is -1.82. The minimum Gasteiger partial charge on any atom is -0.376 e. The standard InChI is InChI=1S/C17H24FN3O2/c1-12(16-5-4-10-23-16)19-17(22)20-13-6-7-15(14(18)11-13)21-8-2-3-9-21/h6-7,11-12,16H,2-5,8-10H2,1H3,(H2,19,20,22)/t12-,16+/m1/s1. The van der Waals surface area contributed by atoms with Crippen molar-refractivity contribution < 1.29 is 13.9 Å². The van der Waals surface area contributed by atoms with Crippen molar-refractivity contribution in [3.05, 3.63) is 24.0 Å². The lowest BCUT2D eigenvalue weighted by Crippen LogP contribution is -2.43. The highest BCUT2D eigenvalue weighted by Crippen LogP contribution is 2.26. The first kappa shape index (κ1) is 16.1. The Bertz CT molecular complexity index is 555. The second kappa shape index (κ2) is 7.17. The first-order valence-corrected chi connectivity index (χ1v) is 8.37. The minimum absolute atomic E-state index is 0.0637. The normalized spacial score (nSPS) is 22.2. The van der Waals surface area contributed by atoms with Gasteiger partial charge in [0.2, 0.25) is 0 Å². The number of ether oxygens (including phenoxy) is 1. The summed E-state index contributed by atoms with van der Waals surface area (Å²) in [6.45, 7) is 4.46. The average Bonchev–Trinajstić information content (AvgIpc) is 3.21. The maximum atomic E-state index is 14.2. The number of rotatable bonds is 4. The van der Waals surface area contributed by atoms with E-state index < -0.39 is 0 Å². The third-order valence-corrected chi connectivity index (χ3v) is 4.53. The molecule has 2 amide bonds. The Kier molecular flexibility index (Phi) is 5.00. The van der Waals surface area contributed by atoms with Crippen LogP contribution in [-0.2, 0) is 4.74 Å². The van der Waals surface area contributed by atoms with E-state index in [9.17, 15) is 9.18 Å². The Balaban J connectivity index is 1.56. The Labute approximate surface area is 136 Å². The van der Waals surface area contributed by atoms with Crippen molar-refractivity contribution in [3.63, 3.8) is 0 Å². The van der Waals surface area contributed by atoms with Crippen LogP contribution in [0.4, 0.5) is 20.6 Å². The van der Waals surface area contributed by atoms with Crippen LogP contribution in [0, 0.1) is 5.82 Å². The number of hydrogen-bond donors (Lipinski definition) is 2. The summed E-state index contributed by atoms with van der Waals surface area (Å²) in [6, 6.07) is 4.46. The number of hydrogen-bond acceptors (Lipinski definition) is 3. The van der Waals surface area contributed by atoms with Crippen LogP contribution in [0.1, 0.15) is 32.6 Å². The molecule has 2 saturated heterocycles. The molecule has 5 nitrogen and oxygen atoms in total. The third-order valence-electron chi connectivity index (χ3n) is 4.53. The van der Waals surface area contributed by atoms with Gasteiger partial charge in [0.05, 0.1) is 17.8 Å². The fraction of sp³-hybridized carbons (Fsp3) is 0.588. The van der Waals surface area contributed by atoms with Crippen molar-refractivity contribution >= 4 is 17.4 Å². The molecule has 0 saturated carbocycles. The van der Waals surface area contributed by atoms with Gasteiger partial charge in [-0.05, 0) is 50.8 Å². The highest BCUT2D eigenvalue weighted by Gasteiger charge is 2.23. The number of nitrogens with one attached hydrogen (secondary N) is 2. The van der Waals surface area contributed by atoms with E-state index in [4.69, 9.17) is 4.74 Å². The van der Waals surface area contributed by atoms with Crippen LogP contribution in [0.25, 0.3) is 0 Å². The second-order valence-electron chi connectivity index (χ2n) is 6.30. The number of carbonyl (C=O) groups excluding carboxylic acids is 1. The number of benzene rings is 1. The number of halogens is 1. The number of anilines is 2. The van der Waals surface area contributed by atoms with Gasteiger partial charge in [0.1, 0.15) is 5.82 Å². The molecule has 0 radical (unpaired) electrons. The summed E-state index contributed by atoms with van der Waals surface area (Å²) in [5.74, 6) is -0.295. The smallest absolute Gasteiger partial charge is 0.319 e. The van der Waals surface area contributed by atoms with E-state index in [1.165, 1.54) is 6.07 Å². The molecule has 6 heteroatoms. The number of urea groups is 1. The monoisotopic (exact) mass is 321 g/mol. The molecule has 2 atom stereocenters. The number of amides is 2. The first-order valence-electron chi connectivity index (χ1n) is 8.37. The van der Waals surface area contributed by atoms with Crippen LogP contribution >= 0.6 is 0 Å². The van der Waals surface area contributed by atoms with Crippen molar-refractivity contribution in [2.45, 2.75) is 44.8 Å². The molecule has 2 fully saturated rings. The zero-order valence-electron chi connectivity index (χ0n) is 13.5. The first-order chi connectivity index (χ1) is 11.1. The van der Waals surface area contributed by atoms with Crippen LogP contribution in [0.5, 0.6) is 0 Å². The maximum absolute atomic E-state index is 14.2. The molecule has 2 heterocycles. The van der Waals surface area contributed by atoms with Gasteiger partial charge in [-0.3, -0.25) is 0 Å². The molecule has 0 bridgehead atoms. The van der Waals surface area contributed by atoms with Gasteiger partial charge in [-0.25, -0.2) is 9.18 Å². The van der Waals surface area contributed by atoms with Gasteiger partial charge in [0, 0.05) is 25.4 Å². The SMILES string of the molecule is C[C@@H](NC(=O)Nc1ccc(N2CCCC2)c(F)c1)[C@@H]1CCCO1. The molecule has 0 unspecified atom stereocenters. The lowest BCUT2D eigenvalue weighted by Gasteiger charge is -2.21. The Morgan fingerprint density at radius 2 is 2.13 bits per heavy atom. The van der Waals surface area contributed by atoms with Crippen LogP contribution in [-0.4, -0.2) is 37.9 Å². The molecule has 1 aromatic carbocycles. The predicted octanol–water partition coefficient (Wildman–Crippen LogP) is 3.11. The lowest BCUT2D eigenvalue weighted by molar-refractivity contribution is 0.0868. The van der Waals surface area contributed by atoms with E-state index in [-0.39, 0.29) is 24.0 Å². The summed E-state index contributed by atoms with van der Waals surface area (Å²) < 4.78 is 19.8. The van der Waals surface area contributed by atoms with Crippen LogP contribution in [0.3, 0.4) is 0 Å². The predicted molar refractivity (Wildman–Crippen MR) is 88.4 cm³/mol. The minimum atomic E-state index is -0.332. The average molecular weight is 321 g/mol. The van der Waals surface area contributed by atoms with Crippen molar-refractivity contribution in [3.8, 4) is 0 Å². The maximum Gasteiger partial charge on any atom is 0.319 e. The molecule has 0 spiro atoms. The topological polar surface area (TPSA) is 53.6 Å². The summed E-state index contributed by atoms with van der Waals surface area (Å²) in [5, 5.41) is 5.54. The van der Waals surface area contributed by atoms with Crippen LogP contribution < -0.4 is 15.5 Å². The molecule has 2 aliphatic rings. The molecule has 3 rings (SSSR count). The van der Waals surface area contributed by atoms with Gasteiger partial charge in [0.25, 0.3) is 0 Å². The van der Waals surface area contributed by atoms with Crippen LogP contribution in [0.2, 0.25) is 0 Å². The van der Waals surface area contributed by atoms with E-state index in [0.717, 1.165) is 45.4 Å². The molecule has 126 valence electrons. The second-order valence-corrected chi connectivity index (χ2v) is 6.30.